The van der Waals surface area contributed by atoms with Crippen molar-refractivity contribution in [3.05, 3.63) is 36.7 Å². The van der Waals surface area contributed by atoms with Crippen LogP contribution in [0.25, 0.3) is 0 Å². The maximum Gasteiger partial charge on any atom is 0.290 e. The maximum absolute atomic E-state index is 11.6. The van der Waals surface area contributed by atoms with E-state index in [0.717, 1.165) is 22.4 Å². The summed E-state index contributed by atoms with van der Waals surface area (Å²) in [4.78, 5) is 19.1. The average Bonchev–Trinajstić information content (AvgIpc) is 2.82. The number of nitrogens with zero attached hydrogens (tertiary/aromatic N) is 1. The summed E-state index contributed by atoms with van der Waals surface area (Å²) in [5, 5.41) is 2.44. The summed E-state index contributed by atoms with van der Waals surface area (Å²) in [5.74, 6) is 1.21. The number of methoxy groups -OCH3 is 1. The molecule has 1 heterocycles. The van der Waals surface area contributed by atoms with Crippen molar-refractivity contribution in [1.29, 1.82) is 0 Å². The van der Waals surface area contributed by atoms with E-state index < -0.39 is 0 Å². The lowest BCUT2D eigenvalue weighted by atomic mass is 10.3. The van der Waals surface area contributed by atoms with Crippen LogP contribution >= 0.6 is 11.8 Å². The number of H-pyrrole nitrogens is 1. The second-order valence-corrected chi connectivity index (χ2v) is 4.17. The van der Waals surface area contributed by atoms with Gasteiger partial charge >= 0.3 is 0 Å². The summed E-state index contributed by atoms with van der Waals surface area (Å²) < 4.78 is 5.03. The molecule has 0 aliphatic carbocycles. The smallest absolute Gasteiger partial charge is 0.290 e. The summed E-state index contributed by atoms with van der Waals surface area (Å²) in [6, 6.07) is 7.27. The van der Waals surface area contributed by atoms with Gasteiger partial charge in [0.05, 0.1) is 7.11 Å². The number of ether oxygens (including phenoxy) is 1. The molecule has 0 saturated heterocycles. The van der Waals surface area contributed by atoms with Crippen LogP contribution in [0.3, 0.4) is 0 Å². The van der Waals surface area contributed by atoms with Crippen molar-refractivity contribution in [2.24, 2.45) is 0 Å². The molecule has 0 saturated carbocycles. The van der Waals surface area contributed by atoms with E-state index in [2.05, 4.69) is 15.3 Å². The summed E-state index contributed by atoms with van der Waals surface area (Å²) in [7, 11) is 1.60. The third-order valence-electron chi connectivity index (χ3n) is 1.99. The monoisotopic (exact) mass is 249 g/mol. The average molecular weight is 249 g/mol. The summed E-state index contributed by atoms with van der Waals surface area (Å²) in [6.07, 6.45) is 3.22. The highest BCUT2D eigenvalue weighted by atomic mass is 32.2. The Morgan fingerprint density at radius 2 is 2.18 bits per heavy atom. The van der Waals surface area contributed by atoms with E-state index >= 15 is 0 Å². The van der Waals surface area contributed by atoms with Crippen LogP contribution in [0, 0.1) is 0 Å². The van der Waals surface area contributed by atoms with Gasteiger partial charge in [-0.1, -0.05) is 0 Å². The quantitative estimate of drug-likeness (QED) is 0.821. The van der Waals surface area contributed by atoms with E-state index in [1.165, 1.54) is 0 Å². The van der Waals surface area contributed by atoms with Gasteiger partial charge in [-0.15, -0.1) is 0 Å². The maximum atomic E-state index is 11.6. The molecule has 0 fully saturated rings. The lowest BCUT2D eigenvalue weighted by Crippen LogP contribution is -2.05. The van der Waals surface area contributed by atoms with E-state index in [-0.39, 0.29) is 5.24 Å². The summed E-state index contributed by atoms with van der Waals surface area (Å²) in [6.45, 7) is 0. The predicted molar refractivity (Wildman–Crippen MR) is 66.5 cm³/mol. The number of aromatic nitrogens is 2. The molecule has 5 nitrogen and oxygen atoms in total. The van der Waals surface area contributed by atoms with Crippen LogP contribution in [-0.4, -0.2) is 22.3 Å². The number of carbonyl (C=O) groups excluding carboxylic acids is 1. The Kier molecular flexibility index (Phi) is 3.66. The van der Waals surface area contributed by atoms with Gasteiger partial charge in [-0.2, -0.15) is 0 Å². The molecule has 0 atom stereocenters. The Bertz CT molecular complexity index is 482. The van der Waals surface area contributed by atoms with E-state index in [9.17, 15) is 4.79 Å². The van der Waals surface area contributed by atoms with Crippen LogP contribution in [0.4, 0.5) is 10.7 Å². The van der Waals surface area contributed by atoms with E-state index in [1.807, 2.05) is 24.3 Å². The van der Waals surface area contributed by atoms with Gasteiger partial charge in [0, 0.05) is 17.3 Å². The topological polar surface area (TPSA) is 67.0 Å². The Hall–Kier alpha value is -1.95. The van der Waals surface area contributed by atoms with Crippen LogP contribution in [0.15, 0.2) is 41.6 Å². The highest BCUT2D eigenvalue weighted by Crippen LogP contribution is 2.22. The zero-order chi connectivity index (χ0) is 12.1. The summed E-state index contributed by atoms with van der Waals surface area (Å²) >= 11 is 1.10. The number of amides is 1. The Morgan fingerprint density at radius 1 is 1.41 bits per heavy atom. The molecule has 0 unspecified atom stereocenters. The highest BCUT2D eigenvalue weighted by molar-refractivity contribution is 8.13. The fourth-order valence-corrected chi connectivity index (χ4v) is 1.84. The van der Waals surface area contributed by atoms with Gasteiger partial charge in [0.1, 0.15) is 5.75 Å². The van der Waals surface area contributed by atoms with Crippen molar-refractivity contribution in [3.63, 3.8) is 0 Å². The lowest BCUT2D eigenvalue weighted by Gasteiger charge is -2.03. The summed E-state index contributed by atoms with van der Waals surface area (Å²) in [5.41, 5.74) is 0. The fraction of sp³-hybridized carbons (Fsp3) is 0.0909. The number of thioether (sulfide) groups is 1. The van der Waals surface area contributed by atoms with Gasteiger partial charge in [0.2, 0.25) is 5.95 Å². The van der Waals surface area contributed by atoms with E-state index in [0.29, 0.717) is 5.95 Å². The Labute approximate surface area is 103 Å². The molecule has 0 aliphatic rings. The normalized spacial score (nSPS) is 9.94. The molecule has 17 heavy (non-hydrogen) atoms. The zero-order valence-corrected chi connectivity index (χ0v) is 9.95. The highest BCUT2D eigenvalue weighted by Gasteiger charge is 2.06. The van der Waals surface area contributed by atoms with Crippen LogP contribution in [0.2, 0.25) is 0 Å². The minimum absolute atomic E-state index is 0.190. The number of aromatic amines is 1. The molecule has 6 heteroatoms. The molecule has 1 aromatic carbocycles. The van der Waals surface area contributed by atoms with Gasteiger partial charge in [-0.05, 0) is 36.0 Å². The molecule has 2 aromatic rings. The number of hydrogen-bond acceptors (Lipinski definition) is 4. The largest absolute Gasteiger partial charge is 0.497 e. The molecular weight excluding hydrogens is 238 g/mol. The molecule has 0 radical (unpaired) electrons. The van der Waals surface area contributed by atoms with Crippen molar-refractivity contribution >= 4 is 22.9 Å². The zero-order valence-electron chi connectivity index (χ0n) is 9.14. The van der Waals surface area contributed by atoms with Crippen molar-refractivity contribution in [3.8, 4) is 5.75 Å². The van der Waals surface area contributed by atoms with E-state index in [1.54, 1.807) is 19.5 Å². The number of hydrogen-bond donors (Lipinski definition) is 2. The van der Waals surface area contributed by atoms with Gasteiger partial charge < -0.3 is 9.72 Å². The van der Waals surface area contributed by atoms with Crippen molar-refractivity contribution in [2.75, 3.05) is 12.4 Å². The number of anilines is 1. The molecule has 2 rings (SSSR count). The molecule has 0 aliphatic heterocycles. The number of benzene rings is 1. The fourth-order valence-electron chi connectivity index (χ4n) is 1.21. The van der Waals surface area contributed by atoms with Crippen molar-refractivity contribution in [1.82, 2.24) is 9.97 Å². The first-order chi connectivity index (χ1) is 8.28. The molecule has 88 valence electrons. The second-order valence-electron chi connectivity index (χ2n) is 3.13. The van der Waals surface area contributed by atoms with Crippen LogP contribution in [0.1, 0.15) is 0 Å². The minimum Gasteiger partial charge on any atom is -0.497 e. The van der Waals surface area contributed by atoms with Crippen LogP contribution in [0.5, 0.6) is 5.75 Å². The Balaban J connectivity index is 1.93. The van der Waals surface area contributed by atoms with Gasteiger partial charge in [-0.25, -0.2) is 4.98 Å². The predicted octanol–water partition coefficient (Wildman–Crippen LogP) is 2.74. The van der Waals surface area contributed by atoms with Crippen LogP contribution in [-0.2, 0) is 0 Å². The third-order valence-corrected chi connectivity index (χ3v) is 2.78. The second kappa shape index (κ2) is 5.40. The van der Waals surface area contributed by atoms with Gasteiger partial charge in [-0.3, -0.25) is 10.1 Å². The van der Waals surface area contributed by atoms with Crippen molar-refractivity contribution < 1.29 is 9.53 Å². The first-order valence-electron chi connectivity index (χ1n) is 4.90. The number of nitrogens with one attached hydrogen (secondary N) is 2. The van der Waals surface area contributed by atoms with Gasteiger partial charge in [0.15, 0.2) is 0 Å². The SMILES string of the molecule is COc1ccc(SC(=O)Nc2ncc[nH]2)cc1. The molecule has 2 N–H and O–H groups in total. The Morgan fingerprint density at radius 3 is 2.76 bits per heavy atom. The first kappa shape index (κ1) is 11.5. The number of carbonyl (C=O) groups is 1. The number of imidazole rings is 1. The first-order valence-corrected chi connectivity index (χ1v) is 5.72. The van der Waals surface area contributed by atoms with Gasteiger partial charge in [0.25, 0.3) is 5.24 Å². The standard InChI is InChI=1S/C11H11N3O2S/c1-16-8-2-4-9(5-3-8)17-11(15)14-10-12-6-7-13-10/h2-7H,1H3,(H2,12,13,14,15). The minimum atomic E-state index is -0.190. The molecule has 0 spiro atoms. The molecular formula is C11H11N3O2S. The molecule has 1 amide bonds. The van der Waals surface area contributed by atoms with Crippen molar-refractivity contribution in [2.45, 2.75) is 4.90 Å². The molecule has 0 bridgehead atoms. The molecule has 1 aromatic heterocycles. The lowest BCUT2D eigenvalue weighted by molar-refractivity contribution is 0.269. The number of rotatable bonds is 3. The van der Waals surface area contributed by atoms with Crippen LogP contribution < -0.4 is 10.1 Å². The third kappa shape index (κ3) is 3.25. The van der Waals surface area contributed by atoms with E-state index in [4.69, 9.17) is 4.74 Å².